The Morgan fingerprint density at radius 2 is 2.31 bits per heavy atom. The zero-order valence-electron chi connectivity index (χ0n) is 7.83. The molecule has 4 N–H and O–H groups in total. The van der Waals surface area contributed by atoms with Crippen LogP contribution in [-0.2, 0) is 4.79 Å². The lowest BCUT2D eigenvalue weighted by Crippen LogP contribution is -2.40. The molecule has 1 aliphatic carbocycles. The van der Waals surface area contributed by atoms with Crippen LogP contribution in [-0.4, -0.2) is 30.2 Å². The van der Waals surface area contributed by atoms with Crippen molar-refractivity contribution in [2.75, 3.05) is 13.1 Å². The summed E-state index contributed by atoms with van der Waals surface area (Å²) in [4.78, 5) is 11.0. The van der Waals surface area contributed by atoms with E-state index in [1.165, 1.54) is 19.3 Å². The lowest BCUT2D eigenvalue weighted by molar-refractivity contribution is -0.128. The third kappa shape index (κ3) is 3.32. The number of nitrogens with two attached hydrogens (primary N) is 1. The molecule has 4 nitrogen and oxygen atoms in total. The molecule has 0 spiro atoms. The van der Waals surface area contributed by atoms with Gasteiger partial charge in [0.25, 0.3) is 0 Å². The van der Waals surface area contributed by atoms with Gasteiger partial charge in [-0.2, -0.15) is 0 Å². The van der Waals surface area contributed by atoms with Crippen LogP contribution in [0.4, 0.5) is 0 Å². The van der Waals surface area contributed by atoms with Crippen molar-refractivity contribution in [1.82, 2.24) is 5.32 Å². The minimum Gasteiger partial charge on any atom is -0.382 e. The normalized spacial score (nSPS) is 19.2. The fourth-order valence-electron chi connectivity index (χ4n) is 1.41. The average Bonchev–Trinajstić information content (AvgIpc) is 2.07. The third-order valence-corrected chi connectivity index (χ3v) is 2.60. The van der Waals surface area contributed by atoms with Crippen LogP contribution in [0.25, 0.3) is 0 Å². The molecule has 0 saturated heterocycles. The first-order chi connectivity index (χ1) is 6.24. The first kappa shape index (κ1) is 10.5. The SMILES string of the molecule is NCC(O)C(=O)NCCC1CCC1. The minimum absolute atomic E-state index is 0.00470. The van der Waals surface area contributed by atoms with Crippen molar-refractivity contribution in [1.29, 1.82) is 0 Å². The number of aliphatic hydroxyl groups is 1. The van der Waals surface area contributed by atoms with Crippen LogP contribution in [0.1, 0.15) is 25.7 Å². The molecule has 0 bridgehead atoms. The van der Waals surface area contributed by atoms with Crippen molar-refractivity contribution in [3.05, 3.63) is 0 Å². The summed E-state index contributed by atoms with van der Waals surface area (Å²) < 4.78 is 0. The van der Waals surface area contributed by atoms with Gasteiger partial charge in [0.1, 0.15) is 6.10 Å². The van der Waals surface area contributed by atoms with Gasteiger partial charge in [-0.3, -0.25) is 4.79 Å². The number of carbonyl (C=O) groups is 1. The molecule has 0 heterocycles. The van der Waals surface area contributed by atoms with Crippen LogP contribution in [0.3, 0.4) is 0 Å². The number of nitrogens with one attached hydrogen (secondary N) is 1. The monoisotopic (exact) mass is 186 g/mol. The van der Waals surface area contributed by atoms with Crippen molar-refractivity contribution in [2.24, 2.45) is 11.7 Å². The van der Waals surface area contributed by atoms with Gasteiger partial charge in [-0.1, -0.05) is 19.3 Å². The zero-order chi connectivity index (χ0) is 9.68. The third-order valence-electron chi connectivity index (χ3n) is 2.60. The summed E-state index contributed by atoms with van der Waals surface area (Å²) in [6.07, 6.45) is 3.89. The van der Waals surface area contributed by atoms with Crippen LogP contribution >= 0.6 is 0 Å². The van der Waals surface area contributed by atoms with E-state index < -0.39 is 6.10 Å². The fraction of sp³-hybridized carbons (Fsp3) is 0.889. The average molecular weight is 186 g/mol. The van der Waals surface area contributed by atoms with Gasteiger partial charge in [0, 0.05) is 13.1 Å². The Kier molecular flexibility index (Phi) is 4.18. The van der Waals surface area contributed by atoms with Crippen molar-refractivity contribution in [3.8, 4) is 0 Å². The number of hydrogen-bond acceptors (Lipinski definition) is 3. The predicted molar refractivity (Wildman–Crippen MR) is 50.0 cm³/mol. The maximum Gasteiger partial charge on any atom is 0.250 e. The summed E-state index contributed by atoms with van der Waals surface area (Å²) in [5.74, 6) is 0.442. The number of aliphatic hydroxyl groups excluding tert-OH is 1. The summed E-state index contributed by atoms with van der Waals surface area (Å²) in [6, 6.07) is 0. The molecule has 1 atom stereocenters. The Morgan fingerprint density at radius 1 is 1.62 bits per heavy atom. The molecule has 1 aliphatic rings. The van der Waals surface area contributed by atoms with E-state index in [9.17, 15) is 4.79 Å². The molecule has 1 saturated carbocycles. The largest absolute Gasteiger partial charge is 0.382 e. The lowest BCUT2D eigenvalue weighted by Gasteiger charge is -2.25. The first-order valence-electron chi connectivity index (χ1n) is 4.90. The summed E-state index contributed by atoms with van der Waals surface area (Å²) >= 11 is 0. The summed E-state index contributed by atoms with van der Waals surface area (Å²) in [5.41, 5.74) is 5.13. The van der Waals surface area contributed by atoms with Gasteiger partial charge in [0.15, 0.2) is 0 Å². The van der Waals surface area contributed by atoms with Crippen LogP contribution in [0.2, 0.25) is 0 Å². The van der Waals surface area contributed by atoms with Crippen LogP contribution < -0.4 is 11.1 Å². The smallest absolute Gasteiger partial charge is 0.250 e. The molecule has 4 heteroatoms. The van der Waals surface area contributed by atoms with Crippen LogP contribution in [0.5, 0.6) is 0 Å². The standard InChI is InChI=1S/C9H18N2O2/c10-6-8(12)9(13)11-5-4-7-2-1-3-7/h7-8,12H,1-6,10H2,(H,11,13). The van der Waals surface area contributed by atoms with Gasteiger partial charge in [0.2, 0.25) is 5.91 Å². The summed E-state index contributed by atoms with van der Waals surface area (Å²) in [5, 5.41) is 11.7. The molecule has 1 unspecified atom stereocenters. The van der Waals surface area contributed by atoms with Crippen molar-refractivity contribution in [2.45, 2.75) is 31.8 Å². The molecular formula is C9H18N2O2. The fourth-order valence-corrected chi connectivity index (χ4v) is 1.41. The molecule has 0 aromatic rings. The Balaban J connectivity index is 2.00. The second-order valence-electron chi connectivity index (χ2n) is 3.63. The molecule has 1 amide bonds. The van der Waals surface area contributed by atoms with Gasteiger partial charge in [-0.25, -0.2) is 0 Å². The number of hydrogen-bond donors (Lipinski definition) is 3. The Bertz CT molecular complexity index is 169. The van der Waals surface area contributed by atoms with Crippen molar-refractivity contribution < 1.29 is 9.90 Å². The number of amides is 1. The van der Waals surface area contributed by atoms with E-state index in [0.29, 0.717) is 6.54 Å². The maximum atomic E-state index is 11.0. The highest BCUT2D eigenvalue weighted by Crippen LogP contribution is 2.28. The Morgan fingerprint density at radius 3 is 2.77 bits per heavy atom. The number of carbonyl (C=O) groups excluding carboxylic acids is 1. The minimum atomic E-state index is -1.04. The molecule has 13 heavy (non-hydrogen) atoms. The second-order valence-corrected chi connectivity index (χ2v) is 3.63. The van der Waals surface area contributed by atoms with E-state index in [-0.39, 0.29) is 12.5 Å². The van der Waals surface area contributed by atoms with Crippen molar-refractivity contribution >= 4 is 5.91 Å². The second kappa shape index (κ2) is 5.19. The van der Waals surface area contributed by atoms with Crippen LogP contribution in [0, 0.1) is 5.92 Å². The Labute approximate surface area is 78.5 Å². The quantitative estimate of drug-likeness (QED) is 0.547. The molecule has 1 fully saturated rings. The molecule has 0 radical (unpaired) electrons. The molecule has 0 aliphatic heterocycles. The van der Waals surface area contributed by atoms with Gasteiger partial charge in [-0.05, 0) is 12.3 Å². The van der Waals surface area contributed by atoms with E-state index in [1.54, 1.807) is 0 Å². The van der Waals surface area contributed by atoms with Crippen LogP contribution in [0.15, 0.2) is 0 Å². The van der Waals surface area contributed by atoms with E-state index in [2.05, 4.69) is 5.32 Å². The topological polar surface area (TPSA) is 75.3 Å². The van der Waals surface area contributed by atoms with Crippen molar-refractivity contribution in [3.63, 3.8) is 0 Å². The molecule has 0 aromatic carbocycles. The van der Waals surface area contributed by atoms with Gasteiger partial charge in [0.05, 0.1) is 0 Å². The van der Waals surface area contributed by atoms with Gasteiger partial charge in [-0.15, -0.1) is 0 Å². The molecular weight excluding hydrogens is 168 g/mol. The van der Waals surface area contributed by atoms with Gasteiger partial charge >= 0.3 is 0 Å². The number of rotatable bonds is 5. The van der Waals surface area contributed by atoms with E-state index in [1.807, 2.05) is 0 Å². The molecule has 1 rings (SSSR count). The summed E-state index contributed by atoms with van der Waals surface area (Å²) in [7, 11) is 0. The highest BCUT2D eigenvalue weighted by molar-refractivity contribution is 5.80. The molecule has 0 aromatic heterocycles. The van der Waals surface area contributed by atoms with Gasteiger partial charge < -0.3 is 16.2 Å². The molecule has 76 valence electrons. The lowest BCUT2D eigenvalue weighted by atomic mass is 9.83. The van der Waals surface area contributed by atoms with E-state index >= 15 is 0 Å². The first-order valence-corrected chi connectivity index (χ1v) is 4.90. The zero-order valence-corrected chi connectivity index (χ0v) is 7.83. The van der Waals surface area contributed by atoms with E-state index in [0.717, 1.165) is 12.3 Å². The summed E-state index contributed by atoms with van der Waals surface area (Å²) in [6.45, 7) is 0.663. The van der Waals surface area contributed by atoms with E-state index in [4.69, 9.17) is 10.8 Å². The Hall–Kier alpha value is -0.610. The highest BCUT2D eigenvalue weighted by Gasteiger charge is 2.18. The maximum absolute atomic E-state index is 11.0. The highest BCUT2D eigenvalue weighted by atomic mass is 16.3. The predicted octanol–water partition coefficient (Wildman–Crippen LogP) is -0.388.